The number of carboxylic acids is 3. The van der Waals surface area contributed by atoms with E-state index < -0.39 is 42.8 Å². The van der Waals surface area contributed by atoms with Gasteiger partial charge in [0.2, 0.25) is 0 Å². The quantitative estimate of drug-likeness (QED) is 0.479. The van der Waals surface area contributed by atoms with Crippen LogP contribution in [0.4, 0.5) is 0 Å². The Kier molecular flexibility index (Phi) is 23.8. The molecule has 0 amide bonds. The zero-order valence-electron chi connectivity index (χ0n) is 10.0. The van der Waals surface area contributed by atoms with Gasteiger partial charge in [0.25, 0.3) is 0 Å². The molecule has 0 atom stereocenters. The Morgan fingerprint density at radius 2 is 0.941 bits per heavy atom. The number of aliphatic hydroxyl groups is 1. The molecule has 80 valence electrons. The number of carbonyl (C=O) groups is 3. The van der Waals surface area contributed by atoms with Crippen LogP contribution in [0.25, 0.3) is 0 Å². The van der Waals surface area contributed by atoms with E-state index in [1.807, 2.05) is 0 Å². The third-order valence-corrected chi connectivity index (χ3v) is 1.42. The minimum atomic E-state index is -2.42. The van der Waals surface area contributed by atoms with E-state index in [0.717, 1.165) is 0 Å². The molecule has 0 unspecified atom stereocenters. The number of aliphatic carboxylic acids is 3. The van der Waals surface area contributed by atoms with Gasteiger partial charge in [0.05, 0.1) is 5.60 Å². The van der Waals surface area contributed by atoms with Crippen LogP contribution < -0.4 is 169 Å². The third-order valence-electron chi connectivity index (χ3n) is 1.42. The molecule has 0 saturated carbocycles. The molecule has 0 aromatic carbocycles. The Morgan fingerprint density at radius 1 is 0.765 bits per heavy atom. The fraction of sp³-hybridized carbons (Fsp3) is 0.571. The van der Waals surface area contributed by atoms with Gasteiger partial charge in [-0.2, -0.15) is 0 Å². The first-order valence-electron chi connectivity index (χ1n) is 3.57. The zero-order chi connectivity index (χ0) is 11.4. The van der Waals surface area contributed by atoms with Crippen LogP contribution in [-0.4, -0.2) is 28.6 Å². The van der Waals surface area contributed by atoms with Gasteiger partial charge in [-0.05, 0) is 0 Å². The summed E-state index contributed by atoms with van der Waals surface area (Å²) in [5.41, 5.74) is -2.42. The Morgan fingerprint density at radius 3 is 1.06 bits per heavy atom. The number of hydrogen-bond donors (Lipinski definition) is 1. The minimum Gasteiger partial charge on any atom is -0.550 e. The Labute approximate surface area is 225 Å². The van der Waals surface area contributed by atoms with Crippen molar-refractivity contribution >= 4 is 17.9 Å². The van der Waals surface area contributed by atoms with Gasteiger partial charge in [0, 0.05) is 37.2 Å². The fourth-order valence-electron chi connectivity index (χ4n) is 0.994. The zero-order valence-corrected chi connectivity index (χ0v) is 19.4. The van der Waals surface area contributed by atoms with E-state index in [-0.39, 0.29) is 154 Å². The second kappa shape index (κ2) is 14.2. The molecular weight excluding hydrogens is 313 g/mol. The summed E-state index contributed by atoms with van der Waals surface area (Å²) in [4.78, 5) is 30.2. The first-order valence-corrected chi connectivity index (χ1v) is 3.57. The van der Waals surface area contributed by atoms with Crippen molar-refractivity contribution in [2.24, 2.45) is 0 Å². The predicted molar refractivity (Wildman–Crippen MR) is 33.8 cm³/mol. The maximum atomic E-state index is 10.1. The Hall–Kier alpha value is 3.28. The average molecular weight is 320 g/mol. The number of carboxylic acid groups (broad SMARTS) is 3. The molecule has 17 heavy (non-hydrogen) atoms. The molecular formula is C7H7K3O7. The molecule has 10 heteroatoms. The van der Waals surface area contributed by atoms with Gasteiger partial charge in [0.15, 0.2) is 0 Å². The van der Waals surface area contributed by atoms with Crippen LogP contribution in [0.1, 0.15) is 19.3 Å². The molecule has 0 heterocycles. The molecule has 0 rings (SSSR count). The largest absolute Gasteiger partial charge is 1.00 e. The molecule has 0 spiro atoms. The van der Waals surface area contributed by atoms with E-state index in [9.17, 15) is 34.8 Å². The van der Waals surface area contributed by atoms with Crippen LogP contribution in [-0.2, 0) is 14.4 Å². The number of rotatable bonds is 6. The average Bonchev–Trinajstić information content (AvgIpc) is 1.76. The monoisotopic (exact) mass is 320 g/mol. The molecule has 0 aliphatic heterocycles. The van der Waals surface area contributed by atoms with Crippen LogP contribution >= 0.6 is 0 Å². The summed E-state index contributed by atoms with van der Waals surface area (Å²) in [7, 11) is 0. The van der Waals surface area contributed by atoms with Crippen molar-refractivity contribution in [2.75, 3.05) is 0 Å². The Balaban J connectivity index is -0.000000282. The van der Waals surface area contributed by atoms with Gasteiger partial charge in [-0.15, -0.1) is 0 Å². The summed E-state index contributed by atoms with van der Waals surface area (Å²) in [6.45, 7) is 0. The molecule has 0 aromatic rings. The van der Waals surface area contributed by atoms with Gasteiger partial charge in [-0.25, -0.2) is 0 Å². The van der Waals surface area contributed by atoms with E-state index in [2.05, 4.69) is 0 Å². The van der Waals surface area contributed by atoms with Crippen molar-refractivity contribution in [3.63, 3.8) is 0 Å². The van der Waals surface area contributed by atoms with Gasteiger partial charge in [0.1, 0.15) is 0 Å². The summed E-state index contributed by atoms with van der Waals surface area (Å²) in [5.74, 6) is -5.26. The molecule has 0 aliphatic rings. The van der Waals surface area contributed by atoms with Crippen LogP contribution in [0.15, 0.2) is 0 Å². The van der Waals surface area contributed by atoms with Gasteiger partial charge >= 0.3 is 154 Å². The van der Waals surface area contributed by atoms with E-state index in [1.165, 1.54) is 0 Å². The van der Waals surface area contributed by atoms with Crippen molar-refractivity contribution in [3.05, 3.63) is 0 Å². The smallest absolute Gasteiger partial charge is 0.550 e. The summed E-state index contributed by atoms with van der Waals surface area (Å²) >= 11 is 0. The minimum absolute atomic E-state index is 0. The molecule has 0 fully saturated rings. The van der Waals surface area contributed by atoms with E-state index in [1.54, 1.807) is 0 Å². The van der Waals surface area contributed by atoms with E-state index >= 15 is 0 Å². The van der Waals surface area contributed by atoms with E-state index in [4.69, 9.17) is 0 Å². The van der Waals surface area contributed by atoms with Crippen molar-refractivity contribution in [1.29, 1.82) is 0 Å². The first kappa shape index (κ1) is 28.4. The maximum Gasteiger partial charge on any atom is 1.00 e. The van der Waals surface area contributed by atoms with Crippen molar-refractivity contribution in [2.45, 2.75) is 24.9 Å². The first-order chi connectivity index (χ1) is 6.25. The van der Waals surface area contributed by atoms with Crippen LogP contribution in [0.5, 0.6) is 0 Å². The van der Waals surface area contributed by atoms with Gasteiger partial charge < -0.3 is 34.8 Å². The third kappa shape index (κ3) is 17.2. The van der Waals surface area contributed by atoms with Crippen molar-refractivity contribution < 1.29 is 189 Å². The molecule has 1 N–H and O–H groups in total. The molecule has 0 saturated heterocycles. The molecule has 0 aromatic heterocycles. The summed E-state index contributed by atoms with van der Waals surface area (Å²) in [6, 6.07) is 0. The molecule has 0 bridgehead atoms. The summed E-state index contributed by atoms with van der Waals surface area (Å²) < 4.78 is 0. The van der Waals surface area contributed by atoms with Crippen LogP contribution in [0.3, 0.4) is 0 Å². The molecule has 0 aliphatic carbocycles. The maximum absolute atomic E-state index is 10.1. The second-order valence-corrected chi connectivity index (χ2v) is 2.87. The van der Waals surface area contributed by atoms with Crippen molar-refractivity contribution in [3.8, 4) is 0 Å². The predicted octanol–water partition coefficient (Wildman–Crippen LogP) is -13.9. The normalized spacial score (nSPS) is 9.00. The Bertz CT molecular complexity index is 227. The number of carbonyl (C=O) groups excluding carboxylic acids is 3. The summed E-state index contributed by atoms with van der Waals surface area (Å²) in [6.07, 6.45) is -3.31. The van der Waals surface area contributed by atoms with Gasteiger partial charge in [-0.3, -0.25) is 0 Å². The van der Waals surface area contributed by atoms with Crippen LogP contribution in [0.2, 0.25) is 0 Å². The summed E-state index contributed by atoms with van der Waals surface area (Å²) in [5, 5.41) is 39.5. The van der Waals surface area contributed by atoms with Gasteiger partial charge in [-0.1, -0.05) is 0 Å². The topological polar surface area (TPSA) is 141 Å². The number of hydrogen-bond acceptors (Lipinski definition) is 7. The standard InChI is InChI=1S/C7H10O7.3K/c8-4(9)1-7(14,2-5(10)11)3-6(12)13;;;/h14H,1-3H2,(H,8,9)(H,10,11)(H,12,13);;;/q;3*+1/p-3. The fourth-order valence-corrected chi connectivity index (χ4v) is 0.994. The molecule has 7 nitrogen and oxygen atoms in total. The molecule has 0 radical (unpaired) electrons. The van der Waals surface area contributed by atoms with Crippen LogP contribution in [0, 0.1) is 0 Å². The van der Waals surface area contributed by atoms with E-state index in [0.29, 0.717) is 0 Å². The van der Waals surface area contributed by atoms with Crippen molar-refractivity contribution in [1.82, 2.24) is 0 Å². The SMILES string of the molecule is O=C([O-])CC(O)(CC(=O)[O-])CC(=O)[O-].[K+].[K+].[K+]. The second-order valence-electron chi connectivity index (χ2n) is 2.87.